The highest BCUT2D eigenvalue weighted by molar-refractivity contribution is 6.39. The highest BCUT2D eigenvalue weighted by atomic mass is 16.5. The zero-order valence-electron chi connectivity index (χ0n) is 12.4. The molecule has 2 amide bonds. The number of carbonyl (C=O) groups is 2. The predicted molar refractivity (Wildman–Crippen MR) is 81.0 cm³/mol. The van der Waals surface area contributed by atoms with Crippen molar-refractivity contribution in [3.05, 3.63) is 48.2 Å². The van der Waals surface area contributed by atoms with Gasteiger partial charge in [-0.3, -0.25) is 14.9 Å². The number of hydrogen-bond acceptors (Lipinski definition) is 5. The van der Waals surface area contributed by atoms with Crippen LogP contribution in [0, 0.1) is 0 Å². The Labute approximate surface area is 128 Å². The van der Waals surface area contributed by atoms with Gasteiger partial charge in [0.1, 0.15) is 6.26 Å². The molecule has 1 aromatic carbocycles. The van der Waals surface area contributed by atoms with Crippen LogP contribution in [0.3, 0.4) is 0 Å². The average Bonchev–Trinajstić information content (AvgIpc) is 3.01. The lowest BCUT2D eigenvalue weighted by atomic mass is 10.1. The minimum absolute atomic E-state index is 0.0231. The summed E-state index contributed by atoms with van der Waals surface area (Å²) in [4.78, 5) is 25.5. The first kappa shape index (κ1) is 15.7. The first-order valence-electron chi connectivity index (χ1n) is 6.79. The SMILES string of the molecule is CN(C)C(CNC(=O)C(=O)Nc1ccon1)c1ccccc1. The highest BCUT2D eigenvalue weighted by Gasteiger charge is 2.19. The minimum atomic E-state index is -0.778. The summed E-state index contributed by atoms with van der Waals surface area (Å²) >= 11 is 0. The van der Waals surface area contributed by atoms with E-state index in [1.54, 1.807) is 0 Å². The van der Waals surface area contributed by atoms with Crippen LogP contribution in [0.4, 0.5) is 5.82 Å². The third-order valence-electron chi connectivity index (χ3n) is 3.15. The fourth-order valence-corrected chi connectivity index (χ4v) is 1.99. The number of aromatic nitrogens is 1. The topological polar surface area (TPSA) is 87.5 Å². The maximum Gasteiger partial charge on any atom is 0.314 e. The van der Waals surface area contributed by atoms with E-state index < -0.39 is 11.8 Å². The molecular formula is C15H18N4O3. The molecule has 7 heteroatoms. The van der Waals surface area contributed by atoms with Gasteiger partial charge in [0.15, 0.2) is 5.82 Å². The summed E-state index contributed by atoms with van der Waals surface area (Å²) in [6.07, 6.45) is 1.31. The lowest BCUT2D eigenvalue weighted by Gasteiger charge is -2.24. The number of amides is 2. The molecule has 2 aromatic rings. The average molecular weight is 302 g/mol. The Balaban J connectivity index is 1.92. The van der Waals surface area contributed by atoms with Crippen LogP contribution in [-0.2, 0) is 9.59 Å². The van der Waals surface area contributed by atoms with E-state index in [1.807, 2.05) is 49.3 Å². The van der Waals surface area contributed by atoms with Crippen molar-refractivity contribution in [3.63, 3.8) is 0 Å². The van der Waals surface area contributed by atoms with Gasteiger partial charge < -0.3 is 14.7 Å². The minimum Gasteiger partial charge on any atom is -0.363 e. The van der Waals surface area contributed by atoms with Gasteiger partial charge in [0.05, 0.1) is 6.04 Å². The predicted octanol–water partition coefficient (Wildman–Crippen LogP) is 1.03. The molecule has 2 N–H and O–H groups in total. The van der Waals surface area contributed by atoms with Crippen molar-refractivity contribution in [2.24, 2.45) is 0 Å². The lowest BCUT2D eigenvalue weighted by Crippen LogP contribution is -2.40. The van der Waals surface area contributed by atoms with E-state index in [-0.39, 0.29) is 11.9 Å². The van der Waals surface area contributed by atoms with Gasteiger partial charge in [-0.15, -0.1) is 0 Å². The molecule has 0 aliphatic carbocycles. The fourth-order valence-electron chi connectivity index (χ4n) is 1.99. The van der Waals surface area contributed by atoms with Gasteiger partial charge in [-0.1, -0.05) is 35.5 Å². The van der Waals surface area contributed by atoms with Gasteiger partial charge in [0.25, 0.3) is 0 Å². The molecule has 0 spiro atoms. The van der Waals surface area contributed by atoms with E-state index >= 15 is 0 Å². The highest BCUT2D eigenvalue weighted by Crippen LogP contribution is 2.16. The van der Waals surface area contributed by atoms with Crippen molar-refractivity contribution >= 4 is 17.6 Å². The number of anilines is 1. The monoisotopic (exact) mass is 302 g/mol. The maximum atomic E-state index is 11.8. The zero-order valence-corrected chi connectivity index (χ0v) is 12.4. The normalized spacial score (nSPS) is 12.0. The van der Waals surface area contributed by atoms with Gasteiger partial charge in [-0.2, -0.15) is 0 Å². The van der Waals surface area contributed by atoms with Crippen LogP contribution >= 0.6 is 0 Å². The number of nitrogens with zero attached hydrogens (tertiary/aromatic N) is 2. The number of benzene rings is 1. The van der Waals surface area contributed by atoms with Crippen molar-refractivity contribution in [2.45, 2.75) is 6.04 Å². The second-order valence-corrected chi connectivity index (χ2v) is 4.94. The Kier molecular flexibility index (Phi) is 5.26. The van der Waals surface area contributed by atoms with E-state index in [9.17, 15) is 9.59 Å². The molecule has 0 radical (unpaired) electrons. The third kappa shape index (κ3) is 4.16. The summed E-state index contributed by atoms with van der Waals surface area (Å²) in [5.74, 6) is -1.29. The Bertz CT molecular complexity index is 611. The second kappa shape index (κ2) is 7.37. The van der Waals surface area contributed by atoms with Crippen molar-refractivity contribution in [3.8, 4) is 0 Å². The fraction of sp³-hybridized carbons (Fsp3) is 0.267. The maximum absolute atomic E-state index is 11.8. The molecule has 2 rings (SSSR count). The van der Waals surface area contributed by atoms with Crippen molar-refractivity contribution in [1.82, 2.24) is 15.4 Å². The molecule has 1 aromatic heterocycles. The summed E-state index contributed by atoms with van der Waals surface area (Å²) in [5, 5.41) is 8.48. The molecule has 0 bridgehead atoms. The van der Waals surface area contributed by atoms with E-state index in [4.69, 9.17) is 0 Å². The molecule has 0 aliphatic rings. The molecule has 0 aliphatic heterocycles. The molecule has 0 saturated heterocycles. The Morgan fingerprint density at radius 1 is 1.18 bits per heavy atom. The molecule has 7 nitrogen and oxygen atoms in total. The van der Waals surface area contributed by atoms with Crippen molar-refractivity contribution < 1.29 is 14.1 Å². The molecule has 0 saturated carbocycles. The molecular weight excluding hydrogens is 284 g/mol. The van der Waals surface area contributed by atoms with Crippen LogP contribution in [0.25, 0.3) is 0 Å². The third-order valence-corrected chi connectivity index (χ3v) is 3.15. The molecule has 1 unspecified atom stereocenters. The van der Waals surface area contributed by atoms with Gasteiger partial charge in [-0.05, 0) is 19.7 Å². The van der Waals surface area contributed by atoms with Crippen LogP contribution in [0.2, 0.25) is 0 Å². The Morgan fingerprint density at radius 2 is 1.91 bits per heavy atom. The number of hydrogen-bond donors (Lipinski definition) is 2. The Morgan fingerprint density at radius 3 is 2.50 bits per heavy atom. The smallest absolute Gasteiger partial charge is 0.314 e. The zero-order chi connectivity index (χ0) is 15.9. The van der Waals surface area contributed by atoms with Gasteiger partial charge >= 0.3 is 11.8 Å². The van der Waals surface area contributed by atoms with Crippen LogP contribution < -0.4 is 10.6 Å². The summed E-state index contributed by atoms with van der Waals surface area (Å²) < 4.78 is 4.58. The van der Waals surface area contributed by atoms with Gasteiger partial charge in [-0.25, -0.2) is 0 Å². The number of likely N-dealkylation sites (N-methyl/N-ethyl adjacent to an activating group) is 1. The van der Waals surface area contributed by atoms with E-state index in [2.05, 4.69) is 20.3 Å². The largest absolute Gasteiger partial charge is 0.363 e. The van der Waals surface area contributed by atoms with Crippen molar-refractivity contribution in [1.29, 1.82) is 0 Å². The van der Waals surface area contributed by atoms with E-state index in [1.165, 1.54) is 12.3 Å². The molecule has 22 heavy (non-hydrogen) atoms. The molecule has 1 atom stereocenters. The standard InChI is InChI=1S/C15H18N4O3/c1-19(2)12(11-6-4-3-5-7-11)10-16-14(20)15(21)17-13-8-9-22-18-13/h3-9,12H,10H2,1-2H3,(H,16,20)(H,17,18,21). The lowest BCUT2D eigenvalue weighted by molar-refractivity contribution is -0.136. The summed E-state index contributed by atoms with van der Waals surface area (Å²) in [7, 11) is 3.83. The molecule has 0 fully saturated rings. The van der Waals surface area contributed by atoms with Crippen LogP contribution in [0.15, 0.2) is 47.2 Å². The van der Waals surface area contributed by atoms with Gasteiger partial charge in [0, 0.05) is 12.6 Å². The second-order valence-electron chi connectivity index (χ2n) is 4.94. The quantitative estimate of drug-likeness (QED) is 0.806. The van der Waals surface area contributed by atoms with Crippen LogP contribution in [-0.4, -0.2) is 42.5 Å². The molecule has 1 heterocycles. The number of carbonyl (C=O) groups excluding carboxylic acids is 2. The van der Waals surface area contributed by atoms with Crippen molar-refractivity contribution in [2.75, 3.05) is 26.0 Å². The van der Waals surface area contributed by atoms with Gasteiger partial charge in [0.2, 0.25) is 0 Å². The number of rotatable bonds is 5. The Hall–Kier alpha value is -2.67. The number of nitrogens with one attached hydrogen (secondary N) is 2. The van der Waals surface area contributed by atoms with E-state index in [0.717, 1.165) is 5.56 Å². The first-order valence-corrected chi connectivity index (χ1v) is 6.79. The summed E-state index contributed by atoms with van der Waals surface area (Å²) in [5.41, 5.74) is 1.06. The summed E-state index contributed by atoms with van der Waals surface area (Å²) in [6.45, 7) is 0.322. The van der Waals surface area contributed by atoms with Crippen LogP contribution in [0.1, 0.15) is 11.6 Å². The first-order chi connectivity index (χ1) is 10.6. The van der Waals surface area contributed by atoms with E-state index in [0.29, 0.717) is 6.54 Å². The molecule has 116 valence electrons. The summed E-state index contributed by atoms with van der Waals surface area (Å²) in [6, 6.07) is 11.2. The van der Waals surface area contributed by atoms with Crippen LogP contribution in [0.5, 0.6) is 0 Å².